The first-order chi connectivity index (χ1) is 10.1. The van der Waals surface area contributed by atoms with E-state index in [1.807, 2.05) is 0 Å². The summed E-state index contributed by atoms with van der Waals surface area (Å²) in [6.07, 6.45) is 5.29. The zero-order valence-corrected chi connectivity index (χ0v) is 12.3. The number of nitrogens with one attached hydrogen (secondary N) is 1. The first-order valence-electron chi connectivity index (χ1n) is 7.99. The number of carbonyl (C=O) groups excluding carboxylic acids is 3. The molecule has 0 unspecified atom stereocenters. The van der Waals surface area contributed by atoms with Gasteiger partial charge in [-0.2, -0.15) is 0 Å². The molecule has 0 aromatic carbocycles. The van der Waals surface area contributed by atoms with Crippen LogP contribution in [0.3, 0.4) is 0 Å². The molecule has 0 spiro atoms. The standard InChI is InChI=1S/C15H23N3O3/c19-13-6-1-2-7-17(13)10-14(20)18-8-11-4-3-5-12(9-18)16-15(11)21/h11-12H,1-10H2,(H,16,21)/t11-,12+/m1/s1. The maximum absolute atomic E-state index is 12.5. The number of rotatable bonds is 2. The van der Waals surface area contributed by atoms with Crippen LogP contribution in [-0.4, -0.2) is 59.7 Å². The molecular formula is C15H23N3O3. The third kappa shape index (κ3) is 3.19. The monoisotopic (exact) mass is 293 g/mol. The van der Waals surface area contributed by atoms with Crippen molar-refractivity contribution in [2.75, 3.05) is 26.2 Å². The van der Waals surface area contributed by atoms with Gasteiger partial charge < -0.3 is 15.1 Å². The van der Waals surface area contributed by atoms with E-state index >= 15 is 0 Å². The number of hydrogen-bond acceptors (Lipinski definition) is 3. The summed E-state index contributed by atoms with van der Waals surface area (Å²) in [6.45, 7) is 1.95. The van der Waals surface area contributed by atoms with Crippen LogP contribution in [0.25, 0.3) is 0 Å². The fourth-order valence-corrected chi connectivity index (χ4v) is 3.55. The van der Waals surface area contributed by atoms with Crippen molar-refractivity contribution in [2.24, 2.45) is 5.92 Å². The molecule has 3 aliphatic heterocycles. The van der Waals surface area contributed by atoms with Crippen LogP contribution in [0.1, 0.15) is 38.5 Å². The third-order valence-corrected chi connectivity index (χ3v) is 4.80. The topological polar surface area (TPSA) is 69.7 Å². The Labute approximate surface area is 124 Å². The van der Waals surface area contributed by atoms with Gasteiger partial charge in [-0.15, -0.1) is 0 Å². The Bertz CT molecular complexity index is 451. The second-order valence-electron chi connectivity index (χ2n) is 6.40. The maximum atomic E-state index is 12.5. The second-order valence-corrected chi connectivity index (χ2v) is 6.40. The lowest BCUT2D eigenvalue weighted by Crippen LogP contribution is -2.48. The maximum Gasteiger partial charge on any atom is 0.242 e. The molecule has 1 N–H and O–H groups in total. The molecule has 2 atom stereocenters. The van der Waals surface area contributed by atoms with Gasteiger partial charge in [-0.05, 0) is 25.7 Å². The Hall–Kier alpha value is -1.59. The third-order valence-electron chi connectivity index (χ3n) is 4.80. The second kappa shape index (κ2) is 6.03. The SMILES string of the molecule is O=C1N[C@H]2CCC[C@@H]1CN(C(=O)CN1CCCCC1=O)C2. The molecule has 0 radical (unpaired) electrons. The summed E-state index contributed by atoms with van der Waals surface area (Å²) in [7, 11) is 0. The molecule has 3 heterocycles. The van der Waals surface area contributed by atoms with Gasteiger partial charge in [0.15, 0.2) is 0 Å². The van der Waals surface area contributed by atoms with E-state index in [1.54, 1.807) is 9.80 Å². The number of likely N-dealkylation sites (tertiary alicyclic amines) is 2. The van der Waals surface area contributed by atoms with Crippen molar-refractivity contribution >= 4 is 17.7 Å². The van der Waals surface area contributed by atoms with Crippen molar-refractivity contribution in [3.05, 3.63) is 0 Å². The number of hydrogen-bond donors (Lipinski definition) is 1. The minimum absolute atomic E-state index is 0.0151. The number of fused-ring (bicyclic) bond motifs is 3. The predicted octanol–water partition coefficient (Wildman–Crippen LogP) is 0.126. The summed E-state index contributed by atoms with van der Waals surface area (Å²) >= 11 is 0. The Morgan fingerprint density at radius 1 is 1.14 bits per heavy atom. The Kier molecular flexibility index (Phi) is 4.12. The highest BCUT2D eigenvalue weighted by atomic mass is 16.2. The lowest BCUT2D eigenvalue weighted by molar-refractivity contribution is -0.142. The van der Waals surface area contributed by atoms with Gasteiger partial charge in [-0.1, -0.05) is 6.42 Å². The largest absolute Gasteiger partial charge is 0.351 e. The highest BCUT2D eigenvalue weighted by Gasteiger charge is 2.35. The van der Waals surface area contributed by atoms with Crippen molar-refractivity contribution in [3.63, 3.8) is 0 Å². The quantitative estimate of drug-likeness (QED) is 0.786. The summed E-state index contributed by atoms with van der Waals surface area (Å²) in [5, 5.41) is 3.02. The molecule has 3 aliphatic rings. The Balaban J connectivity index is 1.64. The highest BCUT2D eigenvalue weighted by Crippen LogP contribution is 2.22. The number of amides is 3. The van der Waals surface area contributed by atoms with Crippen molar-refractivity contribution < 1.29 is 14.4 Å². The van der Waals surface area contributed by atoms with Crippen molar-refractivity contribution in [3.8, 4) is 0 Å². The molecule has 3 fully saturated rings. The molecule has 3 amide bonds. The number of piperidine rings is 1. The van der Waals surface area contributed by atoms with Crippen LogP contribution in [0.2, 0.25) is 0 Å². The molecule has 2 bridgehead atoms. The highest BCUT2D eigenvalue weighted by molar-refractivity contribution is 5.86. The molecule has 3 rings (SSSR count). The molecule has 0 aromatic heterocycles. The van der Waals surface area contributed by atoms with E-state index in [-0.39, 0.29) is 36.2 Å². The molecule has 0 aliphatic carbocycles. The normalized spacial score (nSPS) is 29.9. The molecule has 6 heteroatoms. The van der Waals surface area contributed by atoms with E-state index in [2.05, 4.69) is 5.32 Å². The number of nitrogens with zero attached hydrogens (tertiary/aromatic N) is 2. The van der Waals surface area contributed by atoms with Crippen molar-refractivity contribution in [1.82, 2.24) is 15.1 Å². The van der Waals surface area contributed by atoms with E-state index in [0.717, 1.165) is 32.1 Å². The van der Waals surface area contributed by atoms with Crippen molar-refractivity contribution in [1.29, 1.82) is 0 Å². The molecule has 6 nitrogen and oxygen atoms in total. The average molecular weight is 293 g/mol. The minimum Gasteiger partial charge on any atom is -0.351 e. The van der Waals surface area contributed by atoms with Gasteiger partial charge in [-0.25, -0.2) is 0 Å². The van der Waals surface area contributed by atoms with Crippen LogP contribution >= 0.6 is 0 Å². The minimum atomic E-state index is -0.0847. The van der Waals surface area contributed by atoms with E-state index in [1.165, 1.54) is 0 Å². The predicted molar refractivity (Wildman–Crippen MR) is 76.3 cm³/mol. The fourth-order valence-electron chi connectivity index (χ4n) is 3.55. The van der Waals surface area contributed by atoms with Crippen LogP contribution in [0.15, 0.2) is 0 Å². The van der Waals surface area contributed by atoms with Gasteiger partial charge in [0.2, 0.25) is 17.7 Å². The smallest absolute Gasteiger partial charge is 0.242 e. The summed E-state index contributed by atoms with van der Waals surface area (Å²) in [5.74, 6) is 0.0674. The fraction of sp³-hybridized carbons (Fsp3) is 0.800. The van der Waals surface area contributed by atoms with E-state index in [4.69, 9.17) is 0 Å². The van der Waals surface area contributed by atoms with Gasteiger partial charge in [0, 0.05) is 32.1 Å². The lowest BCUT2D eigenvalue weighted by atomic mass is 9.99. The number of carbonyl (C=O) groups is 3. The van der Waals surface area contributed by atoms with Gasteiger partial charge in [-0.3, -0.25) is 14.4 Å². The average Bonchev–Trinajstić information content (AvgIpc) is 2.69. The molecule has 116 valence electrons. The van der Waals surface area contributed by atoms with Crippen LogP contribution in [0.4, 0.5) is 0 Å². The molecule has 21 heavy (non-hydrogen) atoms. The molecule has 0 saturated carbocycles. The molecule has 0 aromatic rings. The van der Waals surface area contributed by atoms with Crippen LogP contribution in [0.5, 0.6) is 0 Å². The van der Waals surface area contributed by atoms with Gasteiger partial charge in [0.1, 0.15) is 0 Å². The summed E-state index contributed by atoms with van der Waals surface area (Å²) < 4.78 is 0. The van der Waals surface area contributed by atoms with Gasteiger partial charge in [0.25, 0.3) is 0 Å². The summed E-state index contributed by atoms with van der Waals surface area (Å²) in [6, 6.07) is 0.0750. The van der Waals surface area contributed by atoms with Gasteiger partial charge >= 0.3 is 0 Å². The molecule has 3 saturated heterocycles. The van der Waals surface area contributed by atoms with E-state index < -0.39 is 0 Å². The summed E-state index contributed by atoms with van der Waals surface area (Å²) in [5.41, 5.74) is 0. The van der Waals surface area contributed by atoms with Crippen molar-refractivity contribution in [2.45, 2.75) is 44.6 Å². The molecular weight excluding hydrogens is 270 g/mol. The van der Waals surface area contributed by atoms with E-state index in [9.17, 15) is 14.4 Å². The van der Waals surface area contributed by atoms with Gasteiger partial charge in [0.05, 0.1) is 12.5 Å². The zero-order chi connectivity index (χ0) is 14.8. The lowest BCUT2D eigenvalue weighted by Gasteiger charge is -2.31. The Morgan fingerprint density at radius 2 is 2.00 bits per heavy atom. The van der Waals surface area contributed by atoms with E-state index in [0.29, 0.717) is 26.1 Å². The first kappa shape index (κ1) is 14.4. The summed E-state index contributed by atoms with van der Waals surface area (Å²) in [4.78, 5) is 39.8. The van der Waals surface area contributed by atoms with Crippen LogP contribution < -0.4 is 5.32 Å². The Morgan fingerprint density at radius 3 is 2.81 bits per heavy atom. The zero-order valence-electron chi connectivity index (χ0n) is 12.3. The van der Waals surface area contributed by atoms with Crippen LogP contribution in [-0.2, 0) is 14.4 Å². The first-order valence-corrected chi connectivity index (χ1v) is 7.99. The van der Waals surface area contributed by atoms with Crippen LogP contribution in [0, 0.1) is 5.92 Å².